The lowest BCUT2D eigenvalue weighted by Crippen LogP contribution is -2.51. The summed E-state index contributed by atoms with van der Waals surface area (Å²) in [5.74, 6) is 0.336. The molecule has 0 heterocycles. The van der Waals surface area contributed by atoms with Crippen LogP contribution in [-0.2, 0) is 9.53 Å². The normalized spacial score (nSPS) is 29.6. The van der Waals surface area contributed by atoms with Crippen molar-refractivity contribution >= 4 is 6.47 Å². The van der Waals surface area contributed by atoms with Gasteiger partial charge in [-0.1, -0.05) is 0 Å². The van der Waals surface area contributed by atoms with Crippen LogP contribution in [-0.4, -0.2) is 29.3 Å². The first kappa shape index (κ1) is 12.5. The molecule has 4 heteroatoms. The number of nitrogens with two attached hydrogens (primary N) is 1. The minimum Gasteiger partial charge on any atom is -0.460 e. The quantitative estimate of drug-likeness (QED) is 0.681. The summed E-state index contributed by atoms with van der Waals surface area (Å²) >= 11 is 0. The van der Waals surface area contributed by atoms with Crippen LogP contribution in [0.2, 0.25) is 0 Å². The summed E-state index contributed by atoms with van der Waals surface area (Å²) in [5, 5.41) is 9.39. The molecule has 0 amide bonds. The average Bonchev–Trinajstić information content (AvgIpc) is 2.18. The highest BCUT2D eigenvalue weighted by Crippen LogP contribution is 2.31. The topological polar surface area (TPSA) is 72.5 Å². The maximum Gasteiger partial charge on any atom is 0.293 e. The second kappa shape index (κ2) is 4.94. The molecule has 1 aliphatic rings. The minimum absolute atomic E-state index is 0.157. The van der Waals surface area contributed by atoms with Gasteiger partial charge in [-0.25, -0.2) is 0 Å². The van der Waals surface area contributed by atoms with Gasteiger partial charge in [0.05, 0.1) is 6.10 Å². The number of hydrogen-bond acceptors (Lipinski definition) is 4. The Labute approximate surface area is 90.8 Å². The Balaban J connectivity index is 2.52. The smallest absolute Gasteiger partial charge is 0.293 e. The molecule has 0 aromatic rings. The van der Waals surface area contributed by atoms with Gasteiger partial charge in [0.25, 0.3) is 6.47 Å². The number of aliphatic hydroxyl groups is 1. The van der Waals surface area contributed by atoms with Crippen molar-refractivity contribution in [3.63, 3.8) is 0 Å². The van der Waals surface area contributed by atoms with Gasteiger partial charge >= 0.3 is 0 Å². The van der Waals surface area contributed by atoms with Crippen LogP contribution in [0.5, 0.6) is 0 Å². The van der Waals surface area contributed by atoms with Crippen molar-refractivity contribution in [1.29, 1.82) is 0 Å². The molecule has 1 fully saturated rings. The van der Waals surface area contributed by atoms with Crippen LogP contribution in [0, 0.1) is 5.92 Å². The molecule has 0 radical (unpaired) electrons. The Kier molecular flexibility index (Phi) is 4.11. The number of ether oxygens (including phenoxy) is 1. The molecule has 0 aromatic heterocycles. The highest BCUT2D eigenvalue weighted by molar-refractivity contribution is 5.38. The van der Waals surface area contributed by atoms with Gasteiger partial charge in [-0.05, 0) is 45.4 Å². The lowest BCUT2D eigenvalue weighted by atomic mass is 9.77. The highest BCUT2D eigenvalue weighted by atomic mass is 16.5. The van der Waals surface area contributed by atoms with Crippen LogP contribution in [0.1, 0.15) is 39.5 Å². The molecular formula is C11H21NO3. The summed E-state index contributed by atoms with van der Waals surface area (Å²) in [7, 11) is 0. The van der Waals surface area contributed by atoms with Gasteiger partial charge in [-0.2, -0.15) is 0 Å². The van der Waals surface area contributed by atoms with E-state index in [4.69, 9.17) is 10.5 Å². The van der Waals surface area contributed by atoms with Crippen LogP contribution in [0.15, 0.2) is 0 Å². The molecular weight excluding hydrogens is 194 g/mol. The summed E-state index contributed by atoms with van der Waals surface area (Å²) < 4.78 is 5.00. The standard InChI is InChI=1S/C11H21NO3/c1-11(2,15-7-13)10(12)8-3-5-9(14)6-4-8/h7-10,14H,3-6,12H2,1-2H3. The predicted octanol–water partition coefficient (Wildman–Crippen LogP) is 0.816. The first-order chi connectivity index (χ1) is 6.97. The van der Waals surface area contributed by atoms with Crippen LogP contribution in [0.3, 0.4) is 0 Å². The lowest BCUT2D eigenvalue weighted by Gasteiger charge is -2.38. The molecule has 3 N–H and O–H groups in total. The minimum atomic E-state index is -0.616. The zero-order valence-corrected chi connectivity index (χ0v) is 9.48. The van der Waals surface area contributed by atoms with Crippen LogP contribution < -0.4 is 5.73 Å². The number of carbonyl (C=O) groups excluding carboxylic acids is 1. The molecule has 1 saturated carbocycles. The van der Waals surface area contributed by atoms with Crippen molar-refractivity contribution < 1.29 is 14.6 Å². The molecule has 0 spiro atoms. The van der Waals surface area contributed by atoms with Crippen LogP contribution in [0.4, 0.5) is 0 Å². The first-order valence-electron chi connectivity index (χ1n) is 5.52. The van der Waals surface area contributed by atoms with Crippen molar-refractivity contribution in [2.24, 2.45) is 11.7 Å². The summed E-state index contributed by atoms with van der Waals surface area (Å²) in [6.07, 6.45) is 3.25. The fourth-order valence-corrected chi connectivity index (χ4v) is 2.23. The summed E-state index contributed by atoms with van der Waals surface area (Å²) in [6.45, 7) is 4.12. The molecule has 1 unspecified atom stereocenters. The maximum atomic E-state index is 10.3. The van der Waals surface area contributed by atoms with Crippen molar-refractivity contribution in [3.05, 3.63) is 0 Å². The zero-order valence-electron chi connectivity index (χ0n) is 9.48. The molecule has 0 bridgehead atoms. The first-order valence-corrected chi connectivity index (χ1v) is 5.52. The van der Waals surface area contributed by atoms with Crippen molar-refractivity contribution in [2.45, 2.75) is 57.3 Å². The number of rotatable bonds is 4. The van der Waals surface area contributed by atoms with E-state index in [0.717, 1.165) is 25.7 Å². The Morgan fingerprint density at radius 3 is 2.40 bits per heavy atom. The fourth-order valence-electron chi connectivity index (χ4n) is 2.23. The Bertz CT molecular complexity index is 210. The van der Waals surface area contributed by atoms with E-state index in [2.05, 4.69) is 0 Å². The van der Waals surface area contributed by atoms with Crippen molar-refractivity contribution in [1.82, 2.24) is 0 Å². The molecule has 15 heavy (non-hydrogen) atoms. The third-order valence-electron chi connectivity index (χ3n) is 3.40. The highest BCUT2D eigenvalue weighted by Gasteiger charge is 2.36. The molecule has 0 aromatic carbocycles. The Morgan fingerprint density at radius 2 is 1.93 bits per heavy atom. The average molecular weight is 215 g/mol. The van der Waals surface area contributed by atoms with Gasteiger partial charge in [0.15, 0.2) is 0 Å². The maximum absolute atomic E-state index is 10.3. The van der Waals surface area contributed by atoms with Crippen molar-refractivity contribution in [2.75, 3.05) is 0 Å². The predicted molar refractivity (Wildman–Crippen MR) is 57.2 cm³/mol. The number of aliphatic hydroxyl groups excluding tert-OH is 1. The van der Waals surface area contributed by atoms with E-state index in [1.807, 2.05) is 13.8 Å². The second-order valence-electron chi connectivity index (χ2n) is 4.91. The van der Waals surface area contributed by atoms with Crippen molar-refractivity contribution in [3.8, 4) is 0 Å². The molecule has 0 saturated heterocycles. The van der Waals surface area contributed by atoms with Crippen LogP contribution >= 0.6 is 0 Å². The molecule has 1 aliphatic carbocycles. The number of hydrogen-bond donors (Lipinski definition) is 2. The van der Waals surface area contributed by atoms with Gasteiger partial charge in [-0.3, -0.25) is 4.79 Å². The van der Waals surface area contributed by atoms with Gasteiger partial charge < -0.3 is 15.6 Å². The monoisotopic (exact) mass is 215 g/mol. The van der Waals surface area contributed by atoms with E-state index < -0.39 is 5.60 Å². The fraction of sp³-hybridized carbons (Fsp3) is 0.909. The van der Waals surface area contributed by atoms with E-state index in [1.54, 1.807) is 0 Å². The van der Waals surface area contributed by atoms with E-state index in [-0.39, 0.29) is 12.1 Å². The summed E-state index contributed by atoms with van der Waals surface area (Å²) in [4.78, 5) is 10.3. The Hall–Kier alpha value is -0.610. The van der Waals surface area contributed by atoms with E-state index >= 15 is 0 Å². The molecule has 88 valence electrons. The van der Waals surface area contributed by atoms with E-state index in [0.29, 0.717) is 12.4 Å². The molecule has 4 nitrogen and oxygen atoms in total. The zero-order chi connectivity index (χ0) is 11.5. The van der Waals surface area contributed by atoms with Gasteiger partial charge in [0.1, 0.15) is 5.60 Å². The van der Waals surface area contributed by atoms with E-state index in [1.165, 1.54) is 0 Å². The SMILES string of the molecule is CC(C)(OC=O)C(N)C1CCC(O)CC1. The molecule has 1 rings (SSSR count). The summed E-state index contributed by atoms with van der Waals surface area (Å²) in [5.41, 5.74) is 5.48. The van der Waals surface area contributed by atoms with Gasteiger partial charge in [-0.15, -0.1) is 0 Å². The third-order valence-corrected chi connectivity index (χ3v) is 3.40. The number of carbonyl (C=O) groups is 1. The molecule has 1 atom stereocenters. The second-order valence-corrected chi connectivity index (χ2v) is 4.91. The van der Waals surface area contributed by atoms with Gasteiger partial charge in [0, 0.05) is 6.04 Å². The lowest BCUT2D eigenvalue weighted by molar-refractivity contribution is -0.144. The molecule has 0 aliphatic heterocycles. The Morgan fingerprint density at radius 1 is 1.40 bits per heavy atom. The largest absolute Gasteiger partial charge is 0.460 e. The summed E-state index contributed by atoms with van der Waals surface area (Å²) in [6, 6.07) is -0.157. The third kappa shape index (κ3) is 3.18. The van der Waals surface area contributed by atoms with E-state index in [9.17, 15) is 9.90 Å². The van der Waals surface area contributed by atoms with Gasteiger partial charge in [0.2, 0.25) is 0 Å². The van der Waals surface area contributed by atoms with Crippen LogP contribution in [0.25, 0.3) is 0 Å².